The van der Waals surface area contributed by atoms with Gasteiger partial charge in [-0.25, -0.2) is 9.37 Å². The molecule has 1 amide bonds. The van der Waals surface area contributed by atoms with Crippen molar-refractivity contribution >= 4 is 29.0 Å². The van der Waals surface area contributed by atoms with Crippen LogP contribution in [-0.2, 0) is 11.3 Å². The smallest absolute Gasteiger partial charge is 0.222 e. The normalized spacial score (nSPS) is 10.8. The third kappa shape index (κ3) is 4.06. The van der Waals surface area contributed by atoms with Crippen LogP contribution in [0.4, 0.5) is 10.2 Å². The van der Waals surface area contributed by atoms with E-state index < -0.39 is 5.82 Å². The summed E-state index contributed by atoms with van der Waals surface area (Å²) < 4.78 is 14.9. The van der Waals surface area contributed by atoms with Crippen LogP contribution in [0.5, 0.6) is 0 Å². The second kappa shape index (κ2) is 7.48. The van der Waals surface area contributed by atoms with Gasteiger partial charge in [0.1, 0.15) is 11.6 Å². The highest BCUT2D eigenvalue weighted by atomic mass is 35.5. The molecule has 0 spiro atoms. The first kappa shape index (κ1) is 17.2. The molecule has 0 atom stereocenters. The monoisotopic (exact) mass is 361 g/mol. The maximum Gasteiger partial charge on any atom is 0.222 e. The third-order valence-electron chi connectivity index (χ3n) is 3.74. The molecule has 2 heterocycles. The number of amides is 1. The molecule has 0 saturated carbocycles. The third-order valence-corrected chi connectivity index (χ3v) is 4.09. The Morgan fingerprint density at radius 2 is 2.24 bits per heavy atom. The second-order valence-corrected chi connectivity index (χ2v) is 5.95. The van der Waals surface area contributed by atoms with Gasteiger partial charge in [-0.1, -0.05) is 17.7 Å². The summed E-state index contributed by atoms with van der Waals surface area (Å²) in [6.45, 7) is 2.62. The Bertz CT molecular complexity index is 911. The average Bonchev–Trinajstić information content (AvgIpc) is 2.90. The fraction of sp³-hybridized carbons (Fsp3) is 0.235. The molecular weight excluding hydrogens is 345 g/mol. The number of hydrogen-bond acceptors (Lipinski definition) is 4. The van der Waals surface area contributed by atoms with Crippen molar-refractivity contribution in [2.45, 2.75) is 19.9 Å². The number of halogens is 2. The first-order valence-electron chi connectivity index (χ1n) is 7.78. The quantitative estimate of drug-likeness (QED) is 0.708. The number of carbonyl (C=O) groups is 1. The van der Waals surface area contributed by atoms with Crippen molar-refractivity contribution in [2.24, 2.45) is 0 Å². The van der Waals surface area contributed by atoms with Gasteiger partial charge in [-0.2, -0.15) is 0 Å². The maximum absolute atomic E-state index is 13.0. The lowest BCUT2D eigenvalue weighted by Crippen LogP contribution is -2.25. The number of fused-ring (bicyclic) bond motifs is 1. The second-order valence-electron chi connectivity index (χ2n) is 5.54. The molecule has 0 bridgehead atoms. The van der Waals surface area contributed by atoms with Gasteiger partial charge >= 0.3 is 0 Å². The molecule has 1 aromatic carbocycles. The van der Waals surface area contributed by atoms with Crippen molar-refractivity contribution < 1.29 is 9.18 Å². The fourth-order valence-electron chi connectivity index (χ4n) is 2.48. The SMILES string of the molecule is Cc1nc2cnccn2c1NCCC(=O)NCc1ccc(F)cc1Cl. The van der Waals surface area contributed by atoms with E-state index in [0.717, 1.165) is 17.2 Å². The van der Waals surface area contributed by atoms with Gasteiger partial charge in [-0.15, -0.1) is 0 Å². The lowest BCUT2D eigenvalue weighted by molar-refractivity contribution is -0.121. The van der Waals surface area contributed by atoms with Crippen molar-refractivity contribution in [3.05, 3.63) is 58.9 Å². The minimum atomic E-state index is -0.400. The number of anilines is 1. The lowest BCUT2D eigenvalue weighted by Gasteiger charge is -2.09. The number of benzene rings is 1. The van der Waals surface area contributed by atoms with E-state index in [9.17, 15) is 9.18 Å². The van der Waals surface area contributed by atoms with Crippen LogP contribution in [0.25, 0.3) is 5.65 Å². The highest BCUT2D eigenvalue weighted by Crippen LogP contribution is 2.17. The Kier molecular flexibility index (Phi) is 5.14. The molecule has 2 N–H and O–H groups in total. The fourth-order valence-corrected chi connectivity index (χ4v) is 2.71. The highest BCUT2D eigenvalue weighted by molar-refractivity contribution is 6.31. The van der Waals surface area contributed by atoms with Crippen LogP contribution in [0.15, 0.2) is 36.8 Å². The van der Waals surface area contributed by atoms with Crippen LogP contribution in [0, 0.1) is 12.7 Å². The van der Waals surface area contributed by atoms with Crippen LogP contribution < -0.4 is 10.6 Å². The van der Waals surface area contributed by atoms with E-state index in [4.69, 9.17) is 11.6 Å². The van der Waals surface area contributed by atoms with Crippen molar-refractivity contribution in [1.82, 2.24) is 19.7 Å². The Hall–Kier alpha value is -2.67. The molecule has 2 aromatic heterocycles. The van der Waals surface area contributed by atoms with E-state index in [1.54, 1.807) is 18.5 Å². The summed E-state index contributed by atoms with van der Waals surface area (Å²) >= 11 is 5.94. The number of aromatic nitrogens is 3. The first-order valence-corrected chi connectivity index (χ1v) is 8.15. The van der Waals surface area contributed by atoms with Gasteiger partial charge in [-0.3, -0.25) is 14.2 Å². The summed E-state index contributed by atoms with van der Waals surface area (Å²) in [5.41, 5.74) is 2.26. The largest absolute Gasteiger partial charge is 0.369 e. The standard InChI is InChI=1S/C17H17ClFN5O/c1-11-17(24-7-6-20-10-15(24)23-11)21-5-4-16(25)22-9-12-2-3-13(19)8-14(12)18/h2-3,6-8,10,21H,4-5,9H2,1H3,(H,22,25). The van der Waals surface area contributed by atoms with E-state index in [1.807, 2.05) is 17.5 Å². The summed E-state index contributed by atoms with van der Waals surface area (Å²) in [5.74, 6) is 0.315. The zero-order chi connectivity index (χ0) is 17.8. The summed E-state index contributed by atoms with van der Waals surface area (Å²) in [5, 5.41) is 6.29. The van der Waals surface area contributed by atoms with Gasteiger partial charge in [0.05, 0.1) is 11.9 Å². The summed E-state index contributed by atoms with van der Waals surface area (Å²) in [4.78, 5) is 20.4. The van der Waals surface area contributed by atoms with Crippen molar-refractivity contribution in [3.8, 4) is 0 Å². The molecule has 130 valence electrons. The highest BCUT2D eigenvalue weighted by Gasteiger charge is 2.09. The van der Waals surface area contributed by atoms with Gasteiger partial charge in [0.25, 0.3) is 0 Å². The van der Waals surface area contributed by atoms with E-state index in [-0.39, 0.29) is 18.9 Å². The molecule has 6 nitrogen and oxygen atoms in total. The van der Waals surface area contributed by atoms with Crippen LogP contribution in [0.2, 0.25) is 5.02 Å². The molecule has 0 aliphatic rings. The topological polar surface area (TPSA) is 71.3 Å². The first-order chi connectivity index (χ1) is 12.0. The molecule has 3 aromatic rings. The van der Waals surface area contributed by atoms with Gasteiger partial charge in [0.2, 0.25) is 5.91 Å². The number of hydrogen-bond donors (Lipinski definition) is 2. The molecule has 0 saturated heterocycles. The van der Waals surface area contributed by atoms with Crippen molar-refractivity contribution in [2.75, 3.05) is 11.9 Å². The molecule has 0 aliphatic heterocycles. The van der Waals surface area contributed by atoms with E-state index in [1.165, 1.54) is 12.1 Å². The van der Waals surface area contributed by atoms with Crippen LogP contribution in [0.3, 0.4) is 0 Å². The van der Waals surface area contributed by atoms with Crippen molar-refractivity contribution in [3.63, 3.8) is 0 Å². The Balaban J connectivity index is 1.51. The van der Waals surface area contributed by atoms with Crippen LogP contribution in [0.1, 0.15) is 17.7 Å². The molecule has 3 rings (SSSR count). The Labute approximate surface area is 149 Å². The van der Waals surface area contributed by atoms with Gasteiger partial charge in [0, 0.05) is 36.9 Å². The summed E-state index contributed by atoms with van der Waals surface area (Å²) in [7, 11) is 0. The molecule has 0 fully saturated rings. The average molecular weight is 362 g/mol. The van der Waals surface area contributed by atoms with E-state index in [0.29, 0.717) is 17.1 Å². The summed E-state index contributed by atoms with van der Waals surface area (Å²) in [6.07, 6.45) is 5.46. The van der Waals surface area contributed by atoms with Gasteiger partial charge < -0.3 is 10.6 Å². The maximum atomic E-state index is 13.0. The molecular formula is C17H17ClFN5O. The van der Waals surface area contributed by atoms with E-state index >= 15 is 0 Å². The number of nitrogens with zero attached hydrogens (tertiary/aromatic N) is 3. The zero-order valence-corrected chi connectivity index (χ0v) is 14.3. The molecule has 0 unspecified atom stereocenters. The number of rotatable bonds is 6. The Morgan fingerprint density at radius 1 is 1.40 bits per heavy atom. The number of carbonyl (C=O) groups excluding carboxylic acids is 1. The number of aryl methyl sites for hydroxylation is 1. The molecule has 0 aliphatic carbocycles. The van der Waals surface area contributed by atoms with Crippen LogP contribution >= 0.6 is 11.6 Å². The number of imidazole rings is 1. The Morgan fingerprint density at radius 3 is 3.04 bits per heavy atom. The minimum Gasteiger partial charge on any atom is -0.369 e. The van der Waals surface area contributed by atoms with Crippen molar-refractivity contribution in [1.29, 1.82) is 0 Å². The zero-order valence-electron chi connectivity index (χ0n) is 13.6. The van der Waals surface area contributed by atoms with Gasteiger partial charge in [-0.05, 0) is 24.6 Å². The predicted octanol–water partition coefficient (Wildman–Crippen LogP) is 2.95. The lowest BCUT2D eigenvalue weighted by atomic mass is 10.2. The van der Waals surface area contributed by atoms with Gasteiger partial charge in [0.15, 0.2) is 5.65 Å². The molecule has 8 heteroatoms. The molecule has 0 radical (unpaired) electrons. The number of nitrogens with one attached hydrogen (secondary N) is 2. The summed E-state index contributed by atoms with van der Waals surface area (Å²) in [6, 6.07) is 4.11. The minimum absolute atomic E-state index is 0.124. The predicted molar refractivity (Wildman–Crippen MR) is 94.1 cm³/mol. The van der Waals surface area contributed by atoms with Crippen LogP contribution in [-0.4, -0.2) is 26.8 Å². The van der Waals surface area contributed by atoms with E-state index in [2.05, 4.69) is 20.6 Å². The molecule has 25 heavy (non-hydrogen) atoms.